The standard InChI is InChI=1S/C22H18N6/c1-15-12-18(4-3-10-23)13-16(2)21(15)27-20-9-11-25-22(28-20)26-19-7-5-17(14-24)6-8-19/h3-9,11-13H,1-2H3,(H2,25,26,27,28)/b4-3+/i1D3,5D,6D,9D,11D,12D,13D. The summed E-state index contributed by atoms with van der Waals surface area (Å²) >= 11 is 0. The summed E-state index contributed by atoms with van der Waals surface area (Å²) in [6, 6.07) is 4.39. The van der Waals surface area contributed by atoms with Gasteiger partial charge in [-0.15, -0.1) is 0 Å². The maximum Gasteiger partial charge on any atom is 0.229 e. The van der Waals surface area contributed by atoms with Gasteiger partial charge in [-0.05, 0) is 78.9 Å². The van der Waals surface area contributed by atoms with Crippen LogP contribution in [0.15, 0.2) is 54.6 Å². The molecule has 0 atom stereocenters. The molecule has 0 spiro atoms. The van der Waals surface area contributed by atoms with Crippen molar-refractivity contribution in [2.45, 2.75) is 13.8 Å². The fourth-order valence-electron chi connectivity index (χ4n) is 2.22. The van der Waals surface area contributed by atoms with Crippen molar-refractivity contribution in [3.63, 3.8) is 0 Å². The highest BCUT2D eigenvalue weighted by Crippen LogP contribution is 2.26. The van der Waals surface area contributed by atoms with Gasteiger partial charge in [0.15, 0.2) is 0 Å². The van der Waals surface area contributed by atoms with Crippen LogP contribution in [0, 0.1) is 36.4 Å². The average Bonchev–Trinajstić information content (AvgIpc) is 2.79. The van der Waals surface area contributed by atoms with E-state index >= 15 is 0 Å². The van der Waals surface area contributed by atoms with E-state index in [9.17, 15) is 0 Å². The van der Waals surface area contributed by atoms with E-state index in [1.165, 1.54) is 25.1 Å². The number of benzene rings is 2. The van der Waals surface area contributed by atoms with E-state index in [2.05, 4.69) is 20.6 Å². The highest BCUT2D eigenvalue weighted by molar-refractivity contribution is 5.69. The highest BCUT2D eigenvalue weighted by Gasteiger charge is 2.07. The molecule has 0 saturated heterocycles. The van der Waals surface area contributed by atoms with Crippen molar-refractivity contribution in [1.82, 2.24) is 9.97 Å². The summed E-state index contributed by atoms with van der Waals surface area (Å²) in [7, 11) is 0. The van der Waals surface area contributed by atoms with Gasteiger partial charge in [0.2, 0.25) is 5.95 Å². The lowest BCUT2D eigenvalue weighted by molar-refractivity contribution is 1.16. The van der Waals surface area contributed by atoms with E-state index in [1.807, 2.05) is 0 Å². The molecule has 0 radical (unpaired) electrons. The minimum absolute atomic E-state index is 0.0636. The van der Waals surface area contributed by atoms with Crippen LogP contribution in [-0.2, 0) is 0 Å². The number of hydrogen-bond donors (Lipinski definition) is 2. The van der Waals surface area contributed by atoms with Gasteiger partial charge in [0.1, 0.15) is 5.82 Å². The largest absolute Gasteiger partial charge is 0.340 e. The van der Waals surface area contributed by atoms with Crippen molar-refractivity contribution >= 4 is 29.2 Å². The van der Waals surface area contributed by atoms with Crippen LogP contribution in [-0.4, -0.2) is 9.97 Å². The van der Waals surface area contributed by atoms with Gasteiger partial charge in [-0.2, -0.15) is 15.5 Å². The van der Waals surface area contributed by atoms with E-state index in [4.69, 9.17) is 22.9 Å². The van der Waals surface area contributed by atoms with Crippen LogP contribution in [0.25, 0.3) is 6.08 Å². The number of hydrogen-bond acceptors (Lipinski definition) is 6. The Morgan fingerprint density at radius 3 is 2.64 bits per heavy atom. The lowest BCUT2D eigenvalue weighted by Crippen LogP contribution is -2.02. The monoisotopic (exact) mass is 375 g/mol. The molecule has 2 aromatic carbocycles. The van der Waals surface area contributed by atoms with Crippen LogP contribution >= 0.6 is 0 Å². The predicted octanol–water partition coefficient (Wildman–Crippen LogP) is 4.99. The van der Waals surface area contributed by atoms with Crippen LogP contribution in [0.1, 0.15) is 34.6 Å². The molecule has 2 N–H and O–H groups in total. The Balaban J connectivity index is 2.15. The molecule has 136 valence electrons. The number of anilines is 4. The second-order valence-corrected chi connectivity index (χ2v) is 5.40. The first-order chi connectivity index (χ1) is 17.3. The lowest BCUT2D eigenvalue weighted by Gasteiger charge is -2.14. The summed E-state index contributed by atoms with van der Waals surface area (Å²) in [4.78, 5) is 7.98. The molecule has 6 nitrogen and oxygen atoms in total. The van der Waals surface area contributed by atoms with Crippen LogP contribution in [0.5, 0.6) is 0 Å². The second-order valence-electron chi connectivity index (χ2n) is 5.40. The van der Waals surface area contributed by atoms with Crippen LogP contribution in [0.4, 0.5) is 23.1 Å². The smallest absolute Gasteiger partial charge is 0.229 e. The molecule has 28 heavy (non-hydrogen) atoms. The Morgan fingerprint density at radius 2 is 1.93 bits per heavy atom. The van der Waals surface area contributed by atoms with Gasteiger partial charge >= 0.3 is 0 Å². The number of aromatic nitrogens is 2. The number of nitrogens with one attached hydrogen (secondary N) is 2. The molecule has 6 heteroatoms. The van der Waals surface area contributed by atoms with Crippen LogP contribution in [0.3, 0.4) is 0 Å². The van der Waals surface area contributed by atoms with Crippen LogP contribution < -0.4 is 10.6 Å². The van der Waals surface area contributed by atoms with Gasteiger partial charge in [0.05, 0.1) is 25.9 Å². The molecule has 3 aromatic rings. The van der Waals surface area contributed by atoms with Crippen molar-refractivity contribution in [1.29, 1.82) is 10.5 Å². The van der Waals surface area contributed by atoms with Gasteiger partial charge < -0.3 is 10.6 Å². The fraction of sp³-hybridized carbons (Fsp3) is 0.0909. The summed E-state index contributed by atoms with van der Waals surface area (Å²) in [5.41, 5.74) is -0.527. The average molecular weight is 375 g/mol. The summed E-state index contributed by atoms with van der Waals surface area (Å²) in [5, 5.41) is 23.3. The summed E-state index contributed by atoms with van der Waals surface area (Å²) < 4.78 is 72.7. The second kappa shape index (κ2) is 8.48. The zero-order valence-electron chi connectivity index (χ0n) is 23.6. The predicted molar refractivity (Wildman–Crippen MR) is 110 cm³/mol. The third-order valence-electron chi connectivity index (χ3n) is 3.44. The van der Waals surface area contributed by atoms with Gasteiger partial charge in [-0.25, -0.2) is 4.98 Å². The lowest BCUT2D eigenvalue weighted by atomic mass is 10.0. The number of nitrogens with zero attached hydrogens (tertiary/aromatic N) is 4. The van der Waals surface area contributed by atoms with Gasteiger partial charge in [-0.1, -0.05) is 0 Å². The quantitative estimate of drug-likeness (QED) is 0.610. The molecule has 0 fully saturated rings. The van der Waals surface area contributed by atoms with Crippen molar-refractivity contribution in [2.24, 2.45) is 0 Å². The number of allylic oxidation sites excluding steroid dienone is 1. The van der Waals surface area contributed by atoms with Gasteiger partial charge in [0, 0.05) is 27.7 Å². The fourth-order valence-corrected chi connectivity index (χ4v) is 2.22. The van der Waals surface area contributed by atoms with Gasteiger partial charge in [-0.3, -0.25) is 0 Å². The first-order valence-corrected chi connectivity index (χ1v) is 7.91. The first-order valence-electron chi connectivity index (χ1n) is 12.4. The first kappa shape index (κ1) is 10.2. The molecule has 0 aliphatic heterocycles. The molecule has 0 unspecified atom stereocenters. The zero-order chi connectivity index (χ0) is 27.7. The maximum atomic E-state index is 9.05. The SMILES string of the molecule is [2H]c1cc(Nc2nc([2H])c([2H])c(Nc3c(C)c([2H])c(/C=C/C#N)c([2H])c3C([2H])([2H])[2H])n2)cc([2H])c1C#N. The minimum atomic E-state index is -2.81. The van der Waals surface area contributed by atoms with E-state index in [-0.39, 0.29) is 58.0 Å². The van der Waals surface area contributed by atoms with Crippen molar-refractivity contribution in [3.05, 3.63) is 76.8 Å². The normalized spacial score (nSPS) is 15.3. The topological polar surface area (TPSA) is 97.4 Å². The van der Waals surface area contributed by atoms with Crippen molar-refractivity contribution in [3.8, 4) is 12.1 Å². The number of rotatable bonds is 5. The van der Waals surface area contributed by atoms with Crippen molar-refractivity contribution in [2.75, 3.05) is 10.6 Å². The maximum absolute atomic E-state index is 9.05. The summed E-state index contributed by atoms with van der Waals surface area (Å²) in [6.07, 6.45) is 1.68. The Bertz CT molecular complexity index is 1490. The summed E-state index contributed by atoms with van der Waals surface area (Å²) in [5.74, 6) is -0.507. The molecule has 0 bridgehead atoms. The zero-order valence-corrected chi connectivity index (χ0v) is 14.6. The van der Waals surface area contributed by atoms with Crippen LogP contribution in [0.2, 0.25) is 0 Å². The molecule has 1 aromatic heterocycles. The number of nitriles is 2. The molecule has 1 heterocycles. The van der Waals surface area contributed by atoms with Crippen molar-refractivity contribution < 1.29 is 12.3 Å². The Kier molecular flexibility index (Phi) is 3.10. The minimum Gasteiger partial charge on any atom is -0.340 e. The Labute approximate surface area is 176 Å². The van der Waals surface area contributed by atoms with E-state index in [0.29, 0.717) is 0 Å². The van der Waals surface area contributed by atoms with Gasteiger partial charge in [0.25, 0.3) is 0 Å². The van der Waals surface area contributed by atoms with E-state index < -0.39 is 30.7 Å². The van der Waals surface area contributed by atoms with E-state index in [0.717, 1.165) is 6.08 Å². The Morgan fingerprint density at radius 1 is 1.14 bits per heavy atom. The molecule has 0 aliphatic rings. The molecule has 0 saturated carbocycles. The highest BCUT2D eigenvalue weighted by atomic mass is 15.1. The molecular formula is C22H18N6. The Hall–Kier alpha value is -4.16. The molecule has 3 rings (SSSR count). The third kappa shape index (κ3) is 4.51. The molecular weight excluding hydrogens is 348 g/mol. The third-order valence-corrected chi connectivity index (χ3v) is 3.44. The van der Waals surface area contributed by atoms with E-state index in [1.54, 1.807) is 12.1 Å². The molecule has 0 aliphatic carbocycles. The molecule has 0 amide bonds. The summed E-state index contributed by atoms with van der Waals surface area (Å²) in [6.45, 7) is -1.37.